The minimum absolute atomic E-state index is 0.0580. The highest BCUT2D eigenvalue weighted by Gasteiger charge is 2.30. The number of aromatic nitrogens is 2. The molecular formula is C15H17ClN4O. The Balaban J connectivity index is 1.78. The van der Waals surface area contributed by atoms with Crippen LogP contribution in [0, 0.1) is 5.92 Å². The monoisotopic (exact) mass is 304 g/mol. The van der Waals surface area contributed by atoms with E-state index in [1.54, 1.807) is 35.3 Å². The van der Waals surface area contributed by atoms with Crippen LogP contribution in [0.15, 0.2) is 36.7 Å². The number of hydrogen-bond acceptors (Lipinski definition) is 3. The van der Waals surface area contributed by atoms with Gasteiger partial charge >= 0.3 is 0 Å². The number of nitrogens with one attached hydrogen (secondary N) is 1. The van der Waals surface area contributed by atoms with Crippen molar-refractivity contribution in [3.05, 3.63) is 41.7 Å². The number of rotatable bonds is 5. The molecule has 0 aliphatic heterocycles. The Kier molecular flexibility index (Phi) is 3.94. The number of hydrogen-bond donors (Lipinski definition) is 2. The van der Waals surface area contributed by atoms with E-state index in [-0.39, 0.29) is 11.9 Å². The van der Waals surface area contributed by atoms with Gasteiger partial charge in [-0.1, -0.05) is 17.7 Å². The number of anilines is 1. The number of halogens is 1. The third-order valence-corrected chi connectivity index (χ3v) is 3.95. The number of carbonyl (C=O) groups is 1. The first kappa shape index (κ1) is 14.1. The van der Waals surface area contributed by atoms with Crippen LogP contribution in [0.3, 0.4) is 0 Å². The van der Waals surface area contributed by atoms with Crippen molar-refractivity contribution in [2.75, 3.05) is 5.32 Å². The van der Waals surface area contributed by atoms with Gasteiger partial charge in [0.2, 0.25) is 5.91 Å². The molecule has 3 N–H and O–H groups in total. The zero-order valence-corrected chi connectivity index (χ0v) is 12.3. The molecule has 3 rings (SSSR count). The molecule has 0 spiro atoms. The predicted molar refractivity (Wildman–Crippen MR) is 82.5 cm³/mol. The minimum atomic E-state index is -0.0925. The largest absolute Gasteiger partial charge is 0.327 e. The molecule has 1 atom stereocenters. The second-order valence-corrected chi connectivity index (χ2v) is 5.75. The maximum atomic E-state index is 12.1. The van der Waals surface area contributed by atoms with E-state index in [1.807, 2.05) is 6.07 Å². The summed E-state index contributed by atoms with van der Waals surface area (Å²) >= 11 is 6.23. The van der Waals surface area contributed by atoms with Crippen molar-refractivity contribution in [3.8, 4) is 5.69 Å². The average Bonchev–Trinajstić information content (AvgIpc) is 3.16. The lowest BCUT2D eigenvalue weighted by atomic mass is 10.1. The summed E-state index contributed by atoms with van der Waals surface area (Å²) in [5, 5.41) is 7.59. The first-order valence-electron chi connectivity index (χ1n) is 6.99. The molecule has 1 aliphatic carbocycles. The fraction of sp³-hybridized carbons (Fsp3) is 0.333. The average molecular weight is 305 g/mol. The summed E-state index contributed by atoms with van der Waals surface area (Å²) < 4.78 is 1.64. The van der Waals surface area contributed by atoms with Gasteiger partial charge in [0.25, 0.3) is 0 Å². The van der Waals surface area contributed by atoms with Crippen molar-refractivity contribution in [3.63, 3.8) is 0 Å². The zero-order chi connectivity index (χ0) is 14.8. The molecule has 110 valence electrons. The Bertz CT molecular complexity index is 637. The van der Waals surface area contributed by atoms with Crippen molar-refractivity contribution in [1.29, 1.82) is 0 Å². The lowest BCUT2D eigenvalue weighted by Crippen LogP contribution is -2.29. The number of carbonyl (C=O) groups excluding carboxylic acids is 1. The van der Waals surface area contributed by atoms with Crippen LogP contribution in [-0.4, -0.2) is 21.7 Å². The first-order chi connectivity index (χ1) is 10.1. The van der Waals surface area contributed by atoms with Crippen molar-refractivity contribution < 1.29 is 4.79 Å². The van der Waals surface area contributed by atoms with E-state index in [0.717, 1.165) is 12.8 Å². The molecule has 1 amide bonds. The van der Waals surface area contributed by atoms with E-state index in [0.29, 0.717) is 28.7 Å². The standard InChI is InChI=1S/C15H17ClN4O/c16-11-3-1-4-13(15(11)20-8-2-7-18-20)19-14(21)9-12(17)10-5-6-10/h1-4,7-8,10,12H,5-6,9,17H2,(H,19,21). The molecule has 1 unspecified atom stereocenters. The maximum Gasteiger partial charge on any atom is 0.226 e. The third kappa shape index (κ3) is 3.25. The normalized spacial score (nSPS) is 15.7. The van der Waals surface area contributed by atoms with Crippen molar-refractivity contribution in [2.45, 2.75) is 25.3 Å². The number of para-hydroxylation sites is 1. The van der Waals surface area contributed by atoms with Gasteiger partial charge in [0.05, 0.1) is 10.7 Å². The first-order valence-corrected chi connectivity index (χ1v) is 7.37. The Morgan fingerprint density at radius 1 is 1.48 bits per heavy atom. The second-order valence-electron chi connectivity index (χ2n) is 5.34. The Labute approximate surface area is 128 Å². The Morgan fingerprint density at radius 3 is 2.95 bits per heavy atom. The lowest BCUT2D eigenvalue weighted by molar-refractivity contribution is -0.116. The molecule has 1 aromatic heterocycles. The van der Waals surface area contributed by atoms with Gasteiger partial charge < -0.3 is 11.1 Å². The highest BCUT2D eigenvalue weighted by Crippen LogP contribution is 2.33. The molecule has 5 nitrogen and oxygen atoms in total. The molecular weight excluding hydrogens is 288 g/mol. The van der Waals surface area contributed by atoms with E-state index in [4.69, 9.17) is 17.3 Å². The van der Waals surface area contributed by atoms with Crippen molar-refractivity contribution >= 4 is 23.2 Å². The summed E-state index contributed by atoms with van der Waals surface area (Å²) in [4.78, 5) is 12.1. The SMILES string of the molecule is NC(CC(=O)Nc1cccc(Cl)c1-n1cccn1)C1CC1. The number of nitrogens with two attached hydrogens (primary N) is 1. The molecule has 2 aromatic rings. The summed E-state index contributed by atoms with van der Waals surface area (Å²) in [7, 11) is 0. The zero-order valence-electron chi connectivity index (χ0n) is 11.5. The molecule has 1 fully saturated rings. The molecule has 1 aliphatic rings. The molecule has 1 heterocycles. The van der Waals surface area contributed by atoms with Crippen LogP contribution in [0.2, 0.25) is 5.02 Å². The highest BCUT2D eigenvalue weighted by atomic mass is 35.5. The molecule has 21 heavy (non-hydrogen) atoms. The number of benzene rings is 1. The van der Waals surface area contributed by atoms with Gasteiger partial charge in [0.1, 0.15) is 5.69 Å². The topological polar surface area (TPSA) is 72.9 Å². The van der Waals surface area contributed by atoms with Crippen LogP contribution in [0.4, 0.5) is 5.69 Å². The highest BCUT2D eigenvalue weighted by molar-refractivity contribution is 6.33. The number of amides is 1. The molecule has 0 bridgehead atoms. The van der Waals surface area contributed by atoms with Gasteiger partial charge in [-0.05, 0) is 37.0 Å². The van der Waals surface area contributed by atoms with E-state index in [2.05, 4.69) is 10.4 Å². The van der Waals surface area contributed by atoms with Crippen LogP contribution in [0.1, 0.15) is 19.3 Å². The Hall–Kier alpha value is -1.85. The maximum absolute atomic E-state index is 12.1. The smallest absolute Gasteiger partial charge is 0.226 e. The van der Waals surface area contributed by atoms with E-state index in [9.17, 15) is 4.79 Å². The van der Waals surface area contributed by atoms with Crippen LogP contribution in [0.25, 0.3) is 5.69 Å². The van der Waals surface area contributed by atoms with Gasteiger partial charge in [-0.3, -0.25) is 4.79 Å². The summed E-state index contributed by atoms with van der Waals surface area (Å²) in [5.74, 6) is 0.408. The quantitative estimate of drug-likeness (QED) is 0.891. The summed E-state index contributed by atoms with van der Waals surface area (Å²) in [6, 6.07) is 7.12. The van der Waals surface area contributed by atoms with Crippen LogP contribution >= 0.6 is 11.6 Å². The van der Waals surface area contributed by atoms with Crippen molar-refractivity contribution in [2.24, 2.45) is 11.7 Å². The predicted octanol–water partition coefficient (Wildman–Crippen LogP) is 2.59. The van der Waals surface area contributed by atoms with Crippen LogP contribution < -0.4 is 11.1 Å². The fourth-order valence-corrected chi connectivity index (χ4v) is 2.62. The number of nitrogens with zero attached hydrogens (tertiary/aromatic N) is 2. The van der Waals surface area contributed by atoms with Gasteiger partial charge in [-0.2, -0.15) is 5.10 Å². The molecule has 0 saturated heterocycles. The van der Waals surface area contributed by atoms with Gasteiger partial charge in [0, 0.05) is 24.9 Å². The summed E-state index contributed by atoms with van der Waals surface area (Å²) in [5.41, 5.74) is 7.29. The van der Waals surface area contributed by atoms with Crippen LogP contribution in [0.5, 0.6) is 0 Å². The van der Waals surface area contributed by atoms with E-state index in [1.165, 1.54) is 0 Å². The summed E-state index contributed by atoms with van der Waals surface area (Å²) in [6.45, 7) is 0. The fourth-order valence-electron chi connectivity index (χ4n) is 2.36. The third-order valence-electron chi connectivity index (χ3n) is 3.64. The second kappa shape index (κ2) is 5.87. The molecule has 6 heteroatoms. The van der Waals surface area contributed by atoms with Gasteiger partial charge in [-0.25, -0.2) is 4.68 Å². The van der Waals surface area contributed by atoms with E-state index >= 15 is 0 Å². The van der Waals surface area contributed by atoms with Gasteiger partial charge in [0.15, 0.2) is 0 Å². The molecule has 0 radical (unpaired) electrons. The molecule has 1 aromatic carbocycles. The minimum Gasteiger partial charge on any atom is -0.327 e. The molecule has 1 saturated carbocycles. The van der Waals surface area contributed by atoms with Crippen LogP contribution in [-0.2, 0) is 4.79 Å². The van der Waals surface area contributed by atoms with E-state index < -0.39 is 0 Å². The summed E-state index contributed by atoms with van der Waals surface area (Å²) in [6.07, 6.45) is 6.04. The lowest BCUT2D eigenvalue weighted by Gasteiger charge is -2.14. The van der Waals surface area contributed by atoms with Crippen molar-refractivity contribution in [1.82, 2.24) is 9.78 Å². The van der Waals surface area contributed by atoms with Gasteiger partial charge in [-0.15, -0.1) is 0 Å². The Morgan fingerprint density at radius 2 is 2.29 bits per heavy atom.